The Kier molecular flexibility index (Phi) is 2.51. The number of aliphatic hydroxyl groups is 1. The largest absolute Gasteiger partial charge is 0.386 e. The van der Waals surface area contributed by atoms with Crippen molar-refractivity contribution in [3.8, 4) is 0 Å². The van der Waals surface area contributed by atoms with Crippen LogP contribution in [0.1, 0.15) is 6.92 Å². The highest BCUT2D eigenvalue weighted by molar-refractivity contribution is 7.91. The van der Waals surface area contributed by atoms with Crippen LogP contribution >= 0.6 is 0 Å². The molecule has 1 fully saturated rings. The molecule has 2 atom stereocenters. The maximum atomic E-state index is 10.9. The molecule has 66 valence electrons. The summed E-state index contributed by atoms with van der Waals surface area (Å²) in [7, 11) is -2.95. The van der Waals surface area contributed by atoms with Crippen LogP contribution in [0.5, 0.6) is 0 Å². The minimum absolute atomic E-state index is 0.0613. The zero-order valence-electron chi connectivity index (χ0n) is 6.53. The van der Waals surface area contributed by atoms with Gasteiger partial charge in [0.2, 0.25) is 0 Å². The van der Waals surface area contributed by atoms with Gasteiger partial charge >= 0.3 is 0 Å². The first kappa shape index (κ1) is 8.96. The lowest BCUT2D eigenvalue weighted by Crippen LogP contribution is -2.92. The molecule has 0 aromatic carbocycles. The molecular weight excluding hydrogens is 166 g/mol. The second-order valence-corrected chi connectivity index (χ2v) is 5.11. The molecule has 0 aromatic rings. The fourth-order valence-corrected chi connectivity index (χ4v) is 3.23. The van der Waals surface area contributed by atoms with Gasteiger partial charge in [-0.2, -0.15) is 0 Å². The van der Waals surface area contributed by atoms with Crippen molar-refractivity contribution >= 4 is 9.84 Å². The van der Waals surface area contributed by atoms with Crippen LogP contribution in [0.25, 0.3) is 0 Å². The number of hydrogen-bond acceptors (Lipinski definition) is 3. The molecule has 1 rings (SSSR count). The SMILES string of the molecule is CC[NH2+][C@H]1CS(=O)(=O)C[C@H]1O. The fourth-order valence-electron chi connectivity index (χ4n) is 1.38. The van der Waals surface area contributed by atoms with Crippen molar-refractivity contribution in [2.75, 3.05) is 18.1 Å². The van der Waals surface area contributed by atoms with Gasteiger partial charge in [-0.15, -0.1) is 0 Å². The van der Waals surface area contributed by atoms with Gasteiger partial charge in [0.15, 0.2) is 9.84 Å². The molecule has 0 aliphatic carbocycles. The summed E-state index contributed by atoms with van der Waals surface area (Å²) in [4.78, 5) is 0. The van der Waals surface area contributed by atoms with Crippen LogP contribution in [0.15, 0.2) is 0 Å². The second kappa shape index (κ2) is 3.08. The number of rotatable bonds is 2. The Hall–Kier alpha value is -0.130. The van der Waals surface area contributed by atoms with E-state index in [0.29, 0.717) is 0 Å². The molecule has 0 spiro atoms. The molecule has 1 aliphatic heterocycles. The third-order valence-electron chi connectivity index (χ3n) is 1.90. The predicted molar refractivity (Wildman–Crippen MR) is 40.9 cm³/mol. The first-order chi connectivity index (χ1) is 5.05. The number of aliphatic hydroxyl groups excluding tert-OH is 1. The van der Waals surface area contributed by atoms with Crippen molar-refractivity contribution in [2.45, 2.75) is 19.1 Å². The molecule has 0 aromatic heterocycles. The minimum Gasteiger partial charge on any atom is -0.386 e. The van der Waals surface area contributed by atoms with Gasteiger partial charge < -0.3 is 10.4 Å². The van der Waals surface area contributed by atoms with Crippen LogP contribution in [-0.2, 0) is 9.84 Å². The van der Waals surface area contributed by atoms with E-state index in [1.807, 2.05) is 12.2 Å². The summed E-state index contributed by atoms with van der Waals surface area (Å²) in [5.74, 6) is 0.0656. The highest BCUT2D eigenvalue weighted by Crippen LogP contribution is 2.08. The number of sulfone groups is 1. The molecule has 5 heteroatoms. The molecule has 0 bridgehead atoms. The van der Waals surface area contributed by atoms with Crippen molar-refractivity contribution < 1.29 is 18.8 Å². The number of hydrogen-bond donors (Lipinski definition) is 2. The topological polar surface area (TPSA) is 71.0 Å². The second-order valence-electron chi connectivity index (χ2n) is 2.95. The molecule has 1 aliphatic rings. The number of nitrogens with two attached hydrogens (primary N) is 1. The van der Waals surface area contributed by atoms with E-state index in [4.69, 9.17) is 0 Å². The van der Waals surface area contributed by atoms with Gasteiger partial charge in [0.25, 0.3) is 0 Å². The normalized spacial score (nSPS) is 35.8. The summed E-state index contributed by atoms with van der Waals surface area (Å²) in [5, 5.41) is 11.1. The Balaban J connectivity index is 2.59. The van der Waals surface area contributed by atoms with Crippen molar-refractivity contribution in [3.05, 3.63) is 0 Å². The van der Waals surface area contributed by atoms with Crippen LogP contribution in [0.2, 0.25) is 0 Å². The van der Waals surface area contributed by atoms with E-state index in [2.05, 4.69) is 0 Å². The average Bonchev–Trinajstić information content (AvgIpc) is 2.07. The molecule has 1 heterocycles. The van der Waals surface area contributed by atoms with Crippen LogP contribution in [0.4, 0.5) is 0 Å². The van der Waals surface area contributed by atoms with Gasteiger partial charge in [-0.1, -0.05) is 0 Å². The maximum absolute atomic E-state index is 10.9. The number of likely N-dealkylation sites (N-methyl/N-ethyl adjacent to an activating group) is 1. The van der Waals surface area contributed by atoms with Gasteiger partial charge in [-0.05, 0) is 6.92 Å². The quantitative estimate of drug-likeness (QED) is 0.503. The fraction of sp³-hybridized carbons (Fsp3) is 1.00. The first-order valence-electron chi connectivity index (χ1n) is 3.77. The summed E-state index contributed by atoms with van der Waals surface area (Å²) < 4.78 is 21.9. The van der Waals surface area contributed by atoms with Crippen LogP contribution < -0.4 is 5.32 Å². The van der Waals surface area contributed by atoms with E-state index in [9.17, 15) is 13.5 Å². The highest BCUT2D eigenvalue weighted by atomic mass is 32.2. The lowest BCUT2D eigenvalue weighted by atomic mass is 10.2. The van der Waals surface area contributed by atoms with Crippen molar-refractivity contribution in [3.63, 3.8) is 0 Å². The minimum atomic E-state index is -2.95. The van der Waals surface area contributed by atoms with Gasteiger partial charge in [-0.3, -0.25) is 0 Å². The molecule has 1 saturated heterocycles. The smallest absolute Gasteiger partial charge is 0.159 e. The summed E-state index contributed by atoms with van der Waals surface area (Å²) in [6, 6.07) is -0.134. The van der Waals surface area contributed by atoms with Gasteiger partial charge in [0.1, 0.15) is 17.9 Å². The Morgan fingerprint density at radius 3 is 2.55 bits per heavy atom. The van der Waals surface area contributed by atoms with Gasteiger partial charge in [-0.25, -0.2) is 8.42 Å². The summed E-state index contributed by atoms with van der Waals surface area (Å²) in [5.41, 5.74) is 0. The predicted octanol–water partition coefficient (Wildman–Crippen LogP) is -2.27. The Bertz CT molecular complexity index is 224. The third kappa shape index (κ3) is 2.15. The monoisotopic (exact) mass is 180 g/mol. The lowest BCUT2D eigenvalue weighted by molar-refractivity contribution is -0.687. The summed E-state index contributed by atoms with van der Waals surface area (Å²) in [6.45, 7) is 2.76. The first-order valence-corrected chi connectivity index (χ1v) is 5.59. The summed E-state index contributed by atoms with van der Waals surface area (Å²) >= 11 is 0. The molecule has 11 heavy (non-hydrogen) atoms. The van der Waals surface area contributed by atoms with Crippen molar-refractivity contribution in [1.29, 1.82) is 0 Å². The zero-order chi connectivity index (χ0) is 8.48. The Morgan fingerprint density at radius 1 is 1.55 bits per heavy atom. The average molecular weight is 180 g/mol. The van der Waals surface area contributed by atoms with E-state index in [-0.39, 0.29) is 17.5 Å². The molecule has 0 amide bonds. The molecule has 0 unspecified atom stereocenters. The van der Waals surface area contributed by atoms with Crippen LogP contribution in [0, 0.1) is 0 Å². The van der Waals surface area contributed by atoms with Gasteiger partial charge in [0.05, 0.1) is 12.3 Å². The standard InChI is InChI=1S/C6H13NO3S/c1-2-7-5-3-11(9,10)4-6(5)8/h5-8H,2-4H2,1H3/p+1/t5-,6+/m0/s1. The van der Waals surface area contributed by atoms with E-state index >= 15 is 0 Å². The molecule has 0 saturated carbocycles. The molecule has 3 N–H and O–H groups in total. The highest BCUT2D eigenvalue weighted by Gasteiger charge is 2.38. The summed E-state index contributed by atoms with van der Waals surface area (Å²) in [6.07, 6.45) is -0.667. The van der Waals surface area contributed by atoms with E-state index < -0.39 is 15.9 Å². The van der Waals surface area contributed by atoms with Crippen LogP contribution in [-0.4, -0.2) is 43.7 Å². The van der Waals surface area contributed by atoms with Gasteiger partial charge in [0, 0.05) is 0 Å². The third-order valence-corrected chi connectivity index (χ3v) is 3.65. The molecular formula is C6H14NO3S+. The number of quaternary nitrogens is 1. The van der Waals surface area contributed by atoms with Crippen LogP contribution in [0.3, 0.4) is 0 Å². The van der Waals surface area contributed by atoms with E-state index in [1.165, 1.54) is 0 Å². The van der Waals surface area contributed by atoms with Crippen molar-refractivity contribution in [1.82, 2.24) is 0 Å². The Labute approximate surface area is 66.5 Å². The lowest BCUT2D eigenvalue weighted by Gasteiger charge is -2.08. The maximum Gasteiger partial charge on any atom is 0.159 e. The van der Waals surface area contributed by atoms with Crippen molar-refractivity contribution in [2.24, 2.45) is 0 Å². The zero-order valence-corrected chi connectivity index (χ0v) is 7.34. The molecule has 4 nitrogen and oxygen atoms in total. The van der Waals surface area contributed by atoms with E-state index in [1.54, 1.807) is 0 Å². The molecule has 0 radical (unpaired) electrons. The van der Waals surface area contributed by atoms with E-state index in [0.717, 1.165) is 6.54 Å². The Morgan fingerprint density at radius 2 is 2.18 bits per heavy atom.